The Morgan fingerprint density at radius 1 is 1.69 bits per heavy atom. The van der Waals surface area contributed by atoms with Crippen LogP contribution in [-0.4, -0.2) is 54.2 Å². The molecule has 0 aromatic rings. The standard InChI is InChI=1S/C4H6O2.C3H3O2S.Sn.H/c1-3-4(5)6-2;4-3(5)1-2-6;;/h1H,3H2,2H3;1-2H,(H,4,5);;. The molecule has 0 rings (SSSR count). The number of aliphatic carboxylic acids is 1. The molecule has 0 fully saturated rings. The minimum absolute atomic E-state index is 0.199. The van der Waals surface area contributed by atoms with Crippen molar-refractivity contribution < 1.29 is 19.4 Å². The zero-order valence-corrected chi connectivity index (χ0v) is 11.2. The van der Waals surface area contributed by atoms with Crippen molar-refractivity contribution in [2.45, 2.75) is 10.4 Å². The van der Waals surface area contributed by atoms with E-state index >= 15 is 0 Å². The van der Waals surface area contributed by atoms with E-state index in [1.54, 1.807) is 4.02 Å². The Morgan fingerprint density at radius 2 is 2.31 bits per heavy atom. The molecule has 13 heavy (non-hydrogen) atoms. The van der Waals surface area contributed by atoms with E-state index in [9.17, 15) is 9.59 Å². The molecule has 0 aromatic carbocycles. The van der Waals surface area contributed by atoms with Crippen molar-refractivity contribution in [3.05, 3.63) is 0 Å². The third-order valence-corrected chi connectivity index (χ3v) is 6.37. The van der Waals surface area contributed by atoms with Crippen LogP contribution in [0.15, 0.2) is 0 Å². The first kappa shape index (κ1) is 12.7. The second kappa shape index (κ2) is 7.14. The molecule has 0 aliphatic rings. The molecule has 0 aliphatic carbocycles. The Morgan fingerprint density at radius 3 is 2.69 bits per heavy atom. The van der Waals surface area contributed by atoms with Gasteiger partial charge in [0.2, 0.25) is 0 Å². The topological polar surface area (TPSA) is 63.6 Å². The number of carboxylic acids is 1. The first-order valence-corrected chi connectivity index (χ1v) is 7.81. The Hall–Kier alpha value is -0.301. The molecule has 72 valence electrons. The third kappa shape index (κ3) is 5.86. The predicted molar refractivity (Wildman–Crippen MR) is 54.9 cm³/mol. The summed E-state index contributed by atoms with van der Waals surface area (Å²) in [7, 11) is 1.30. The van der Waals surface area contributed by atoms with Crippen molar-refractivity contribution in [1.29, 1.82) is 0 Å². The van der Waals surface area contributed by atoms with E-state index in [-0.39, 0.29) is 12.4 Å². The predicted octanol–water partition coefficient (Wildman–Crippen LogP) is -0.339. The second-order valence-electron chi connectivity index (χ2n) is 2.21. The first-order valence-electron chi connectivity index (χ1n) is 3.53. The minimum atomic E-state index is -1.41. The molecule has 0 saturated heterocycles. The van der Waals surface area contributed by atoms with Gasteiger partial charge in [0, 0.05) is 0 Å². The van der Waals surface area contributed by atoms with Gasteiger partial charge in [0.05, 0.1) is 0 Å². The normalized spacial score (nSPS) is 12.4. The Balaban J connectivity index is 4.01. The summed E-state index contributed by atoms with van der Waals surface area (Å²) in [6, 6.07) is 0. The van der Waals surface area contributed by atoms with E-state index < -0.39 is 30.6 Å². The molecule has 0 amide bonds. The number of carboxylic acid groups (broad SMARTS) is 1. The van der Waals surface area contributed by atoms with Crippen molar-refractivity contribution in [2.24, 2.45) is 0 Å². The molecule has 1 unspecified atom stereocenters. The summed E-state index contributed by atoms with van der Waals surface area (Å²) in [6.45, 7) is 0. The van der Waals surface area contributed by atoms with Gasteiger partial charge in [-0.2, -0.15) is 0 Å². The Labute approximate surface area is 91.0 Å². The van der Waals surface area contributed by atoms with Crippen molar-refractivity contribution in [1.82, 2.24) is 0 Å². The Bertz CT molecular complexity index is 239. The molecule has 0 aromatic heterocycles. The van der Waals surface area contributed by atoms with E-state index in [1.165, 1.54) is 12.5 Å². The van der Waals surface area contributed by atoms with Crippen LogP contribution in [0.5, 0.6) is 0 Å². The number of hydrogen-bond acceptors (Lipinski definition) is 4. The van der Waals surface area contributed by atoms with E-state index in [2.05, 4.69) is 17.0 Å². The quantitative estimate of drug-likeness (QED) is 0.428. The first-order chi connectivity index (χ1) is 6.11. The zero-order chi connectivity index (χ0) is 10.3. The second-order valence-corrected chi connectivity index (χ2v) is 6.97. The fraction of sp³-hybridized carbons (Fsp3) is 0.429. The van der Waals surface area contributed by atoms with Gasteiger partial charge in [-0.25, -0.2) is 0 Å². The maximum absolute atomic E-state index is 10.6. The summed E-state index contributed by atoms with van der Waals surface area (Å²) in [5.41, 5.74) is 0. The SMILES string of the molecule is COC(=O)C[CH]=[SnH][CH](C=S)C(=O)O. The molecule has 0 saturated carbocycles. The molecule has 0 bridgehead atoms. The van der Waals surface area contributed by atoms with Crippen LogP contribution in [0.1, 0.15) is 6.42 Å². The average Bonchev–Trinajstić information content (AvgIpc) is 2.11. The van der Waals surface area contributed by atoms with E-state index in [1.807, 2.05) is 0 Å². The molecule has 1 N–H and O–H groups in total. The summed E-state index contributed by atoms with van der Waals surface area (Å²) in [5, 5.41) is 9.87. The summed E-state index contributed by atoms with van der Waals surface area (Å²) >= 11 is 3.16. The van der Waals surface area contributed by atoms with E-state index in [0.717, 1.165) is 0 Å². The third-order valence-electron chi connectivity index (χ3n) is 1.29. The molecule has 1 atom stereocenters. The summed E-state index contributed by atoms with van der Waals surface area (Å²) < 4.78 is 5.64. The van der Waals surface area contributed by atoms with Crippen LogP contribution in [0.2, 0.25) is 3.93 Å². The van der Waals surface area contributed by atoms with Gasteiger partial charge >= 0.3 is 91.1 Å². The number of thiocarbonyl (C=S) groups is 1. The van der Waals surface area contributed by atoms with Gasteiger partial charge in [-0.05, 0) is 0 Å². The molecule has 0 heterocycles. The van der Waals surface area contributed by atoms with Gasteiger partial charge in [-0.1, -0.05) is 0 Å². The van der Waals surface area contributed by atoms with Crippen LogP contribution in [0.4, 0.5) is 0 Å². The van der Waals surface area contributed by atoms with E-state index in [4.69, 9.17) is 5.11 Å². The van der Waals surface area contributed by atoms with Crippen LogP contribution in [0.3, 0.4) is 0 Å². The number of methoxy groups -OCH3 is 1. The van der Waals surface area contributed by atoms with Crippen molar-refractivity contribution in [2.75, 3.05) is 7.11 Å². The van der Waals surface area contributed by atoms with Gasteiger partial charge in [-0.15, -0.1) is 0 Å². The van der Waals surface area contributed by atoms with Crippen LogP contribution >= 0.6 is 12.2 Å². The average molecular weight is 309 g/mol. The maximum atomic E-state index is 10.6. The fourth-order valence-corrected chi connectivity index (χ4v) is 3.81. The van der Waals surface area contributed by atoms with Crippen LogP contribution in [0, 0.1) is 0 Å². The summed E-state index contributed by atoms with van der Waals surface area (Å²) in [6.07, 6.45) is 0.199. The number of ether oxygens (including phenoxy) is 1. The van der Waals surface area contributed by atoms with Gasteiger partial charge in [0.25, 0.3) is 0 Å². The molecule has 6 heteroatoms. The Kier molecular flexibility index (Phi) is 6.97. The van der Waals surface area contributed by atoms with Gasteiger partial charge < -0.3 is 0 Å². The van der Waals surface area contributed by atoms with Crippen molar-refractivity contribution in [3.63, 3.8) is 0 Å². The van der Waals surface area contributed by atoms with E-state index in [0.29, 0.717) is 0 Å². The summed E-state index contributed by atoms with van der Waals surface area (Å²) in [4.78, 5) is 21.1. The number of rotatable bonds is 5. The van der Waals surface area contributed by atoms with Crippen LogP contribution in [-0.2, 0) is 14.3 Å². The molecule has 0 aliphatic heterocycles. The van der Waals surface area contributed by atoms with Gasteiger partial charge in [0.15, 0.2) is 0 Å². The van der Waals surface area contributed by atoms with Crippen molar-refractivity contribution in [3.8, 4) is 0 Å². The fourth-order valence-electron chi connectivity index (χ4n) is 0.580. The summed E-state index contributed by atoms with van der Waals surface area (Å²) in [5.74, 6) is -1.22. The number of carbonyl (C=O) groups is 2. The number of esters is 1. The van der Waals surface area contributed by atoms with Crippen molar-refractivity contribution >= 4 is 54.2 Å². The molecule has 0 spiro atoms. The molecule has 4 nitrogen and oxygen atoms in total. The molecular formula is C7H10O4SSn. The zero-order valence-electron chi connectivity index (χ0n) is 7.10. The molecule has 0 radical (unpaired) electrons. The number of hydrogen-bond donors (Lipinski definition) is 1. The van der Waals surface area contributed by atoms with Gasteiger partial charge in [0.1, 0.15) is 0 Å². The number of carbonyl (C=O) groups excluding carboxylic acids is 1. The van der Waals surface area contributed by atoms with Crippen LogP contribution in [0.25, 0.3) is 0 Å². The van der Waals surface area contributed by atoms with Gasteiger partial charge in [-0.3, -0.25) is 0 Å². The molecular weight excluding hydrogens is 299 g/mol. The van der Waals surface area contributed by atoms with Crippen LogP contribution < -0.4 is 0 Å². The monoisotopic (exact) mass is 310 g/mol.